The number of hydrogen-bond acceptors (Lipinski definition) is 4. The Labute approximate surface area is 114 Å². The molecule has 0 N–H and O–H groups in total. The molecule has 0 bridgehead atoms. The van der Waals surface area contributed by atoms with Gasteiger partial charge in [-0.3, -0.25) is 0 Å². The summed E-state index contributed by atoms with van der Waals surface area (Å²) in [6, 6.07) is 11.3. The predicted molar refractivity (Wildman–Crippen MR) is 70.0 cm³/mol. The Balaban J connectivity index is 1.68. The second-order valence-electron chi connectivity index (χ2n) is 4.23. The Bertz CT molecular complexity index is 664. The van der Waals surface area contributed by atoms with E-state index in [4.69, 9.17) is 9.26 Å². The van der Waals surface area contributed by atoms with Crippen LogP contribution < -0.4 is 4.74 Å². The van der Waals surface area contributed by atoms with Crippen molar-refractivity contribution in [3.63, 3.8) is 0 Å². The summed E-state index contributed by atoms with van der Waals surface area (Å²) in [5.41, 5.74) is 1.85. The Morgan fingerprint density at radius 2 is 1.90 bits per heavy atom. The summed E-state index contributed by atoms with van der Waals surface area (Å²) >= 11 is 0. The number of benzene rings is 1. The van der Waals surface area contributed by atoms with Gasteiger partial charge in [-0.05, 0) is 29.8 Å². The number of hydrogen-bond donors (Lipinski definition) is 0. The molecule has 0 aliphatic heterocycles. The molecule has 0 saturated heterocycles. The summed E-state index contributed by atoms with van der Waals surface area (Å²) < 4.78 is 23.1. The van der Waals surface area contributed by atoms with Crippen LogP contribution >= 0.6 is 0 Å². The summed E-state index contributed by atoms with van der Waals surface area (Å²) in [6.45, 7) is 0. The quantitative estimate of drug-likeness (QED) is 0.726. The summed E-state index contributed by atoms with van der Waals surface area (Å²) in [5.74, 6) is 0.705. The van der Waals surface area contributed by atoms with Crippen molar-refractivity contribution < 1.29 is 13.7 Å². The van der Waals surface area contributed by atoms with E-state index < -0.39 is 0 Å². The SMILES string of the molecule is Fc1ccc(Oc2ccc(Cc3ccon3)cn2)cc1. The first kappa shape index (κ1) is 12.3. The molecule has 20 heavy (non-hydrogen) atoms. The molecule has 0 aliphatic carbocycles. The van der Waals surface area contributed by atoms with Crippen LogP contribution in [0.4, 0.5) is 4.39 Å². The molecule has 3 aromatic rings. The van der Waals surface area contributed by atoms with E-state index in [-0.39, 0.29) is 5.82 Å². The average Bonchev–Trinajstić information content (AvgIpc) is 2.96. The Morgan fingerprint density at radius 3 is 2.55 bits per heavy atom. The lowest BCUT2D eigenvalue weighted by Gasteiger charge is -2.05. The van der Waals surface area contributed by atoms with Crippen molar-refractivity contribution in [3.8, 4) is 11.6 Å². The van der Waals surface area contributed by atoms with E-state index in [0.717, 1.165) is 11.3 Å². The predicted octanol–water partition coefficient (Wildman–Crippen LogP) is 3.59. The lowest BCUT2D eigenvalue weighted by molar-refractivity contribution is 0.413. The van der Waals surface area contributed by atoms with Crippen LogP contribution in [0.25, 0.3) is 0 Å². The minimum Gasteiger partial charge on any atom is -0.439 e. The molecule has 0 atom stereocenters. The third kappa shape index (κ3) is 3.00. The normalized spacial score (nSPS) is 10.4. The fourth-order valence-electron chi connectivity index (χ4n) is 1.74. The lowest BCUT2D eigenvalue weighted by atomic mass is 10.2. The van der Waals surface area contributed by atoms with E-state index in [1.165, 1.54) is 18.4 Å². The molecule has 2 heterocycles. The number of ether oxygens (including phenoxy) is 1. The highest BCUT2D eigenvalue weighted by molar-refractivity contribution is 5.28. The smallest absolute Gasteiger partial charge is 0.219 e. The first-order chi connectivity index (χ1) is 9.79. The van der Waals surface area contributed by atoms with Crippen LogP contribution in [0.3, 0.4) is 0 Å². The number of rotatable bonds is 4. The molecule has 0 aliphatic rings. The van der Waals surface area contributed by atoms with Gasteiger partial charge in [0.2, 0.25) is 5.88 Å². The summed E-state index contributed by atoms with van der Waals surface area (Å²) in [4.78, 5) is 4.20. The number of halogens is 1. The molecule has 0 radical (unpaired) electrons. The minimum atomic E-state index is -0.298. The largest absolute Gasteiger partial charge is 0.439 e. The number of pyridine rings is 1. The monoisotopic (exact) mass is 270 g/mol. The molecule has 0 amide bonds. The maximum atomic E-state index is 12.8. The van der Waals surface area contributed by atoms with Gasteiger partial charge < -0.3 is 9.26 Å². The fourth-order valence-corrected chi connectivity index (χ4v) is 1.74. The summed E-state index contributed by atoms with van der Waals surface area (Å²) in [5, 5.41) is 3.84. The van der Waals surface area contributed by atoms with Gasteiger partial charge in [-0.2, -0.15) is 0 Å². The van der Waals surface area contributed by atoms with Crippen LogP contribution in [0.15, 0.2) is 59.4 Å². The molecule has 100 valence electrons. The van der Waals surface area contributed by atoms with E-state index in [0.29, 0.717) is 18.1 Å². The zero-order chi connectivity index (χ0) is 13.8. The van der Waals surface area contributed by atoms with Crippen LogP contribution in [0.2, 0.25) is 0 Å². The fraction of sp³-hybridized carbons (Fsp3) is 0.0667. The molecular formula is C15H11FN2O2. The lowest BCUT2D eigenvalue weighted by Crippen LogP contribution is -1.92. The van der Waals surface area contributed by atoms with Gasteiger partial charge in [-0.25, -0.2) is 9.37 Å². The van der Waals surface area contributed by atoms with E-state index in [1.807, 2.05) is 12.1 Å². The van der Waals surface area contributed by atoms with E-state index in [1.54, 1.807) is 24.4 Å². The van der Waals surface area contributed by atoms with Crippen molar-refractivity contribution in [2.45, 2.75) is 6.42 Å². The van der Waals surface area contributed by atoms with Crippen molar-refractivity contribution in [1.29, 1.82) is 0 Å². The van der Waals surface area contributed by atoms with Crippen LogP contribution in [-0.4, -0.2) is 10.1 Å². The average molecular weight is 270 g/mol. The van der Waals surface area contributed by atoms with Gasteiger partial charge in [-0.15, -0.1) is 0 Å². The Morgan fingerprint density at radius 1 is 1.05 bits per heavy atom. The standard InChI is InChI=1S/C15H11FN2O2/c16-12-2-4-14(5-3-12)20-15-6-1-11(10-17-15)9-13-7-8-19-18-13/h1-8,10H,9H2. The third-order valence-corrected chi connectivity index (χ3v) is 2.71. The molecule has 4 nitrogen and oxygen atoms in total. The first-order valence-corrected chi connectivity index (χ1v) is 6.07. The van der Waals surface area contributed by atoms with Crippen molar-refractivity contribution in [2.75, 3.05) is 0 Å². The molecule has 2 aromatic heterocycles. The maximum absolute atomic E-state index is 12.8. The van der Waals surface area contributed by atoms with Gasteiger partial charge in [0.1, 0.15) is 17.8 Å². The van der Waals surface area contributed by atoms with E-state index in [2.05, 4.69) is 10.1 Å². The Hall–Kier alpha value is -2.69. The van der Waals surface area contributed by atoms with Crippen LogP contribution in [-0.2, 0) is 6.42 Å². The van der Waals surface area contributed by atoms with E-state index >= 15 is 0 Å². The molecule has 0 unspecified atom stereocenters. The van der Waals surface area contributed by atoms with Gasteiger partial charge in [0.05, 0.1) is 5.69 Å². The highest BCUT2D eigenvalue weighted by atomic mass is 19.1. The number of aromatic nitrogens is 2. The topological polar surface area (TPSA) is 48.2 Å². The van der Waals surface area contributed by atoms with Crippen LogP contribution in [0.5, 0.6) is 11.6 Å². The zero-order valence-corrected chi connectivity index (χ0v) is 10.5. The third-order valence-electron chi connectivity index (χ3n) is 2.71. The summed E-state index contributed by atoms with van der Waals surface area (Å²) in [7, 11) is 0. The van der Waals surface area contributed by atoms with Crippen molar-refractivity contribution in [2.24, 2.45) is 0 Å². The van der Waals surface area contributed by atoms with Crippen LogP contribution in [0, 0.1) is 5.82 Å². The highest BCUT2D eigenvalue weighted by Crippen LogP contribution is 2.20. The van der Waals surface area contributed by atoms with Crippen molar-refractivity contribution in [1.82, 2.24) is 10.1 Å². The second kappa shape index (κ2) is 5.52. The van der Waals surface area contributed by atoms with Gasteiger partial charge >= 0.3 is 0 Å². The molecule has 0 fully saturated rings. The molecule has 0 saturated carbocycles. The summed E-state index contributed by atoms with van der Waals surface area (Å²) in [6.07, 6.45) is 3.91. The maximum Gasteiger partial charge on any atom is 0.219 e. The molecule has 1 aromatic carbocycles. The number of nitrogens with zero attached hydrogens (tertiary/aromatic N) is 2. The first-order valence-electron chi connectivity index (χ1n) is 6.07. The molecular weight excluding hydrogens is 259 g/mol. The van der Waals surface area contributed by atoms with Crippen molar-refractivity contribution in [3.05, 3.63) is 72.0 Å². The van der Waals surface area contributed by atoms with Gasteiger partial charge in [-0.1, -0.05) is 11.2 Å². The second-order valence-corrected chi connectivity index (χ2v) is 4.23. The van der Waals surface area contributed by atoms with Crippen molar-refractivity contribution >= 4 is 0 Å². The van der Waals surface area contributed by atoms with Gasteiger partial charge in [0.15, 0.2) is 0 Å². The van der Waals surface area contributed by atoms with E-state index in [9.17, 15) is 4.39 Å². The van der Waals surface area contributed by atoms with Gasteiger partial charge in [0.25, 0.3) is 0 Å². The highest BCUT2D eigenvalue weighted by Gasteiger charge is 2.02. The zero-order valence-electron chi connectivity index (χ0n) is 10.5. The van der Waals surface area contributed by atoms with Crippen LogP contribution in [0.1, 0.15) is 11.3 Å². The minimum absolute atomic E-state index is 0.298. The Kier molecular flexibility index (Phi) is 3.41. The molecule has 5 heteroatoms. The molecule has 3 rings (SSSR count). The van der Waals surface area contributed by atoms with Gasteiger partial charge in [0, 0.05) is 24.8 Å². The molecule has 0 spiro atoms.